The molecule has 0 nitrogen and oxygen atoms in total. The molecule has 0 saturated carbocycles. The van der Waals surface area contributed by atoms with Gasteiger partial charge in [-0.3, -0.25) is 0 Å². The van der Waals surface area contributed by atoms with Gasteiger partial charge in [-0.05, 0) is 148 Å². The number of unbranched alkanes of at least 4 members (excludes halogenated alkanes) is 2. The van der Waals surface area contributed by atoms with Gasteiger partial charge in [-0.1, -0.05) is 232 Å². The van der Waals surface area contributed by atoms with Gasteiger partial charge >= 0.3 is 0 Å². The predicted octanol–water partition coefficient (Wildman–Crippen LogP) is 21.4. The molecule has 356 valence electrons. The molecule has 0 fully saturated rings. The highest BCUT2D eigenvalue weighted by atomic mass is 14.4. The van der Waals surface area contributed by atoms with Crippen molar-refractivity contribution in [3.8, 4) is 0 Å². The van der Waals surface area contributed by atoms with Crippen LogP contribution in [0.1, 0.15) is 303 Å². The Kier molecular flexibility index (Phi) is 38.5. The lowest BCUT2D eigenvalue weighted by molar-refractivity contribution is 0.165. The topological polar surface area (TPSA) is 0 Å². The molecule has 0 aliphatic rings. The zero-order valence-corrected chi connectivity index (χ0v) is 44.4. The van der Waals surface area contributed by atoms with Crippen LogP contribution < -0.4 is 0 Å². The van der Waals surface area contributed by atoms with Gasteiger partial charge in [0.25, 0.3) is 0 Å². The van der Waals surface area contributed by atoms with Crippen molar-refractivity contribution in [2.24, 2.45) is 76.9 Å². The first-order valence-electron chi connectivity index (χ1n) is 28.5. The fourth-order valence-electron chi connectivity index (χ4n) is 12.6. The van der Waals surface area contributed by atoms with Gasteiger partial charge in [0.05, 0.1) is 0 Å². The molecule has 0 heteroatoms. The van der Waals surface area contributed by atoms with Crippen LogP contribution in [-0.2, 0) is 0 Å². The summed E-state index contributed by atoms with van der Waals surface area (Å²) in [5, 5.41) is 0. The number of hydrogen-bond donors (Lipinski definition) is 0. The summed E-state index contributed by atoms with van der Waals surface area (Å²) in [6.07, 6.45) is 44.6. The molecule has 0 aromatic carbocycles. The Morgan fingerprint density at radius 3 is 0.542 bits per heavy atom. The smallest absolute Gasteiger partial charge is 0.0406 e. The summed E-state index contributed by atoms with van der Waals surface area (Å²) in [5.41, 5.74) is 0. The van der Waals surface area contributed by atoms with Gasteiger partial charge in [0.2, 0.25) is 0 Å². The first-order valence-corrected chi connectivity index (χ1v) is 28.5. The molecule has 0 heterocycles. The molecule has 0 spiro atoms. The maximum absolute atomic E-state index is 2.49. The first kappa shape index (κ1) is 59.0. The fourth-order valence-corrected chi connectivity index (χ4v) is 12.6. The number of rotatable bonds is 43. The van der Waals surface area contributed by atoms with E-state index in [4.69, 9.17) is 0 Å². The lowest BCUT2D eigenvalue weighted by Crippen LogP contribution is -2.23. The second-order valence-electron chi connectivity index (χ2n) is 21.6. The average Bonchev–Trinajstić information content (AvgIpc) is 3.26. The second kappa shape index (κ2) is 38.5. The molecule has 0 aromatic heterocycles. The third-order valence-electron chi connectivity index (χ3n) is 17.6. The summed E-state index contributed by atoms with van der Waals surface area (Å²) in [7, 11) is 0. The van der Waals surface area contributed by atoms with Gasteiger partial charge in [0.1, 0.15) is 0 Å². The standard InChI is InChI=1S/C59H120/c1-16-31-32-33-54(36-47(17-2)18-3)43-55(44-57(37-48(19-4)20-5)38-49(21-6)22-7)34-35-56(45-58(39-50(23-8)24-9)40-51(25-10)26-11)46-59(41-52(27-12)28-13)42-53(29-14)30-15/h47-59H,16-46H2,1-15H3. The molecule has 0 rings (SSSR count). The largest absolute Gasteiger partial charge is 0.0654 e. The van der Waals surface area contributed by atoms with Gasteiger partial charge in [-0.2, -0.15) is 0 Å². The second-order valence-corrected chi connectivity index (χ2v) is 21.6. The van der Waals surface area contributed by atoms with E-state index in [1.54, 1.807) is 0 Å². The normalized spacial score (nSPS) is 13.9. The number of hydrogen-bond acceptors (Lipinski definition) is 0. The molecular weight excluding hydrogens is 709 g/mol. The lowest BCUT2D eigenvalue weighted by Gasteiger charge is -2.35. The van der Waals surface area contributed by atoms with Gasteiger partial charge in [-0.15, -0.1) is 0 Å². The Morgan fingerprint density at radius 2 is 0.339 bits per heavy atom. The van der Waals surface area contributed by atoms with E-state index in [-0.39, 0.29) is 0 Å². The molecule has 0 amide bonds. The maximum atomic E-state index is 2.49. The molecule has 0 aromatic rings. The molecule has 59 heavy (non-hydrogen) atoms. The molecule has 0 saturated heterocycles. The van der Waals surface area contributed by atoms with Gasteiger partial charge < -0.3 is 0 Å². The first-order chi connectivity index (χ1) is 28.5. The summed E-state index contributed by atoms with van der Waals surface area (Å²) in [6, 6.07) is 0. The Bertz CT molecular complexity index is 754. The van der Waals surface area contributed by atoms with Crippen molar-refractivity contribution in [2.45, 2.75) is 303 Å². The van der Waals surface area contributed by atoms with Crippen molar-refractivity contribution < 1.29 is 0 Å². The minimum atomic E-state index is 0.911. The van der Waals surface area contributed by atoms with Crippen molar-refractivity contribution in [1.82, 2.24) is 0 Å². The van der Waals surface area contributed by atoms with E-state index in [1.165, 1.54) is 199 Å². The Labute approximate surface area is 378 Å². The van der Waals surface area contributed by atoms with Crippen LogP contribution >= 0.6 is 0 Å². The van der Waals surface area contributed by atoms with Crippen molar-refractivity contribution in [2.75, 3.05) is 0 Å². The zero-order valence-electron chi connectivity index (χ0n) is 44.4. The quantitative estimate of drug-likeness (QED) is 0.0537. The summed E-state index contributed by atoms with van der Waals surface area (Å²) < 4.78 is 0. The summed E-state index contributed by atoms with van der Waals surface area (Å²) in [5.74, 6) is 11.9. The molecule has 0 aliphatic carbocycles. The average molecular weight is 830 g/mol. The molecule has 0 aliphatic heterocycles. The van der Waals surface area contributed by atoms with Gasteiger partial charge in [-0.25, -0.2) is 0 Å². The van der Waals surface area contributed by atoms with Crippen LogP contribution in [0.25, 0.3) is 0 Å². The van der Waals surface area contributed by atoms with Crippen molar-refractivity contribution in [3.63, 3.8) is 0 Å². The van der Waals surface area contributed by atoms with E-state index < -0.39 is 0 Å². The fraction of sp³-hybridized carbons (Fsp3) is 1.00. The van der Waals surface area contributed by atoms with E-state index in [0.717, 1.165) is 76.9 Å². The Balaban J connectivity index is 7.23. The zero-order chi connectivity index (χ0) is 44.4. The summed E-state index contributed by atoms with van der Waals surface area (Å²) in [6.45, 7) is 37.3. The highest BCUT2D eigenvalue weighted by molar-refractivity contribution is 4.81. The molecule has 0 bridgehead atoms. The Hall–Kier alpha value is 0. The van der Waals surface area contributed by atoms with E-state index in [0.29, 0.717) is 0 Å². The van der Waals surface area contributed by atoms with Crippen LogP contribution in [0.2, 0.25) is 0 Å². The summed E-state index contributed by atoms with van der Waals surface area (Å²) in [4.78, 5) is 0. The van der Waals surface area contributed by atoms with Crippen LogP contribution in [0.3, 0.4) is 0 Å². The van der Waals surface area contributed by atoms with E-state index in [9.17, 15) is 0 Å². The van der Waals surface area contributed by atoms with Gasteiger partial charge in [0, 0.05) is 0 Å². The highest BCUT2D eigenvalue weighted by Crippen LogP contribution is 2.42. The molecular formula is C59H120. The molecule has 0 radical (unpaired) electrons. The van der Waals surface area contributed by atoms with Crippen molar-refractivity contribution in [1.29, 1.82) is 0 Å². The van der Waals surface area contributed by atoms with Crippen molar-refractivity contribution in [3.05, 3.63) is 0 Å². The van der Waals surface area contributed by atoms with Crippen LogP contribution in [0.4, 0.5) is 0 Å². The molecule has 0 N–H and O–H groups in total. The van der Waals surface area contributed by atoms with E-state index in [2.05, 4.69) is 104 Å². The van der Waals surface area contributed by atoms with Crippen molar-refractivity contribution >= 4 is 0 Å². The molecule has 2 atom stereocenters. The highest BCUT2D eigenvalue weighted by Gasteiger charge is 2.30. The minimum absolute atomic E-state index is 0.911. The van der Waals surface area contributed by atoms with E-state index >= 15 is 0 Å². The van der Waals surface area contributed by atoms with Crippen LogP contribution in [0.15, 0.2) is 0 Å². The monoisotopic (exact) mass is 829 g/mol. The SMILES string of the molecule is CCCCCC(CC(CC)CC)CC(CCC(CC(CC(CC)CC)CC(CC)CC)CC(CC(CC)CC)CC(CC)CC)CC(CC(CC)CC)CC(CC)CC. The van der Waals surface area contributed by atoms with E-state index in [1.807, 2.05) is 0 Å². The van der Waals surface area contributed by atoms with Crippen LogP contribution in [0.5, 0.6) is 0 Å². The van der Waals surface area contributed by atoms with Crippen LogP contribution in [-0.4, -0.2) is 0 Å². The molecule has 2 unspecified atom stereocenters. The maximum Gasteiger partial charge on any atom is -0.0406 e. The van der Waals surface area contributed by atoms with Gasteiger partial charge in [0.15, 0.2) is 0 Å². The predicted molar refractivity (Wildman–Crippen MR) is 274 cm³/mol. The third kappa shape index (κ3) is 27.1. The minimum Gasteiger partial charge on any atom is -0.0654 e. The Morgan fingerprint density at radius 1 is 0.169 bits per heavy atom. The van der Waals surface area contributed by atoms with Crippen LogP contribution in [0, 0.1) is 76.9 Å². The lowest BCUT2D eigenvalue weighted by atomic mass is 9.71. The third-order valence-corrected chi connectivity index (χ3v) is 17.6. The summed E-state index contributed by atoms with van der Waals surface area (Å²) >= 11 is 0.